The van der Waals surface area contributed by atoms with Gasteiger partial charge < -0.3 is 5.11 Å². The van der Waals surface area contributed by atoms with Gasteiger partial charge in [-0.1, -0.05) is 76.9 Å². The Bertz CT molecular complexity index is 419. The summed E-state index contributed by atoms with van der Waals surface area (Å²) in [5.74, 6) is 1.36. The monoisotopic (exact) mass is 393 g/mol. The molecule has 3 nitrogen and oxygen atoms in total. The molecule has 3 heteroatoms. The molecule has 0 radical (unpaired) electrons. The van der Waals surface area contributed by atoms with Crippen molar-refractivity contribution in [3.05, 3.63) is 12.2 Å². The van der Waals surface area contributed by atoms with Crippen molar-refractivity contribution in [2.45, 2.75) is 110 Å². The Morgan fingerprint density at radius 2 is 1.39 bits per heavy atom. The Morgan fingerprint density at radius 1 is 0.821 bits per heavy atom. The van der Waals surface area contributed by atoms with Gasteiger partial charge >= 0.3 is 0 Å². The molecular formula is C25H49N2O+. The van der Waals surface area contributed by atoms with Crippen molar-refractivity contribution in [1.82, 2.24) is 0 Å². The SMILES string of the molecule is CCCCC/C=C/CCCCCCCCCCCC1=NCC[N+]1(CC)CCO. The number of unbranched alkanes of at least 4 members (excludes halogenated alkanes) is 12. The molecule has 1 aliphatic rings. The van der Waals surface area contributed by atoms with Gasteiger partial charge in [-0.25, -0.2) is 4.99 Å². The average Bonchev–Trinajstić information content (AvgIpc) is 3.11. The third kappa shape index (κ3) is 10.8. The Kier molecular flexibility index (Phi) is 15.6. The van der Waals surface area contributed by atoms with E-state index >= 15 is 0 Å². The molecule has 0 saturated heterocycles. The lowest BCUT2D eigenvalue weighted by molar-refractivity contribution is -0.835. The van der Waals surface area contributed by atoms with Crippen molar-refractivity contribution in [2.24, 2.45) is 4.99 Å². The highest BCUT2D eigenvalue weighted by atomic mass is 16.3. The van der Waals surface area contributed by atoms with Gasteiger partial charge in [0.2, 0.25) is 0 Å². The van der Waals surface area contributed by atoms with E-state index in [1.807, 2.05) is 0 Å². The molecule has 0 spiro atoms. The quantitative estimate of drug-likeness (QED) is 0.149. The third-order valence-electron chi connectivity index (χ3n) is 6.42. The van der Waals surface area contributed by atoms with E-state index in [1.165, 1.54) is 95.7 Å². The second-order valence-corrected chi connectivity index (χ2v) is 8.62. The van der Waals surface area contributed by atoms with E-state index in [0.29, 0.717) is 0 Å². The molecule has 164 valence electrons. The number of quaternary nitrogens is 1. The van der Waals surface area contributed by atoms with Crippen LogP contribution in [0.4, 0.5) is 0 Å². The van der Waals surface area contributed by atoms with Gasteiger partial charge in [-0.15, -0.1) is 0 Å². The molecule has 1 N–H and O–H groups in total. The van der Waals surface area contributed by atoms with E-state index in [4.69, 9.17) is 4.99 Å². The van der Waals surface area contributed by atoms with E-state index in [2.05, 4.69) is 26.0 Å². The standard InChI is InChI=1S/C25H49N2O/c1-3-5-6-7-8-9-10-11-12-13-14-15-16-17-18-19-20-25-26-21-22-27(25,4-2)23-24-28/h8-9,28H,3-7,10-24H2,1-2H3/q+1/b9-8+. The summed E-state index contributed by atoms with van der Waals surface area (Å²) in [6.07, 6.45) is 25.0. The van der Waals surface area contributed by atoms with Crippen molar-refractivity contribution in [3.63, 3.8) is 0 Å². The second-order valence-electron chi connectivity index (χ2n) is 8.62. The van der Waals surface area contributed by atoms with Crippen LogP contribution in [0.25, 0.3) is 0 Å². The largest absolute Gasteiger partial charge is 0.390 e. The van der Waals surface area contributed by atoms with Crippen molar-refractivity contribution in [1.29, 1.82) is 0 Å². The number of amidine groups is 1. The van der Waals surface area contributed by atoms with Gasteiger partial charge in [0.1, 0.15) is 13.1 Å². The molecule has 1 aliphatic heterocycles. The molecule has 1 unspecified atom stereocenters. The van der Waals surface area contributed by atoms with Gasteiger partial charge in [0, 0.05) is 6.42 Å². The minimum atomic E-state index is 0.280. The number of nitrogens with zero attached hydrogens (tertiary/aromatic N) is 2. The summed E-state index contributed by atoms with van der Waals surface area (Å²) in [6.45, 7) is 8.77. The molecular weight excluding hydrogens is 344 g/mol. The smallest absolute Gasteiger partial charge is 0.198 e. The van der Waals surface area contributed by atoms with Crippen LogP contribution in [0.3, 0.4) is 0 Å². The summed E-state index contributed by atoms with van der Waals surface area (Å²) in [7, 11) is 0. The van der Waals surface area contributed by atoms with Gasteiger partial charge in [0.25, 0.3) is 0 Å². The molecule has 0 aliphatic carbocycles. The Balaban J connectivity index is 1.89. The number of hydrogen-bond acceptors (Lipinski definition) is 2. The topological polar surface area (TPSA) is 32.6 Å². The lowest BCUT2D eigenvalue weighted by Crippen LogP contribution is -2.52. The van der Waals surface area contributed by atoms with Crippen LogP contribution in [0.5, 0.6) is 0 Å². The van der Waals surface area contributed by atoms with Crippen LogP contribution in [0.15, 0.2) is 17.1 Å². The number of likely N-dealkylation sites (N-methyl/N-ethyl adjacent to an activating group) is 1. The van der Waals surface area contributed by atoms with Crippen LogP contribution < -0.4 is 0 Å². The maximum absolute atomic E-state index is 9.38. The highest BCUT2D eigenvalue weighted by Gasteiger charge is 2.35. The molecule has 0 fully saturated rings. The molecule has 0 aromatic carbocycles. The number of rotatable bonds is 19. The summed E-state index contributed by atoms with van der Waals surface area (Å²) >= 11 is 0. The van der Waals surface area contributed by atoms with Gasteiger partial charge in [-0.3, -0.25) is 4.48 Å². The van der Waals surface area contributed by atoms with Gasteiger partial charge in [-0.2, -0.15) is 0 Å². The minimum absolute atomic E-state index is 0.280. The molecule has 1 heterocycles. The van der Waals surface area contributed by atoms with Crippen LogP contribution in [0.1, 0.15) is 110 Å². The predicted molar refractivity (Wildman–Crippen MR) is 124 cm³/mol. The number of allylic oxidation sites excluding steroid dienone is 2. The van der Waals surface area contributed by atoms with Crippen molar-refractivity contribution >= 4 is 5.84 Å². The summed E-state index contributed by atoms with van der Waals surface area (Å²) in [5.41, 5.74) is 0. The van der Waals surface area contributed by atoms with Gasteiger partial charge in [0.05, 0.1) is 19.7 Å². The van der Waals surface area contributed by atoms with E-state index in [1.54, 1.807) is 0 Å². The fraction of sp³-hybridized carbons (Fsp3) is 0.880. The van der Waals surface area contributed by atoms with Gasteiger partial charge in [0.15, 0.2) is 5.84 Å². The Labute approximate surface area is 175 Å². The second kappa shape index (κ2) is 17.2. The van der Waals surface area contributed by atoms with Crippen LogP contribution in [0.2, 0.25) is 0 Å². The molecule has 0 saturated carbocycles. The molecule has 0 aromatic rings. The van der Waals surface area contributed by atoms with E-state index in [-0.39, 0.29) is 6.61 Å². The van der Waals surface area contributed by atoms with E-state index < -0.39 is 0 Å². The minimum Gasteiger partial charge on any atom is -0.390 e. The molecule has 1 rings (SSSR count). The average molecular weight is 394 g/mol. The maximum Gasteiger partial charge on any atom is 0.198 e. The number of aliphatic hydroxyl groups excluding tert-OH is 1. The molecule has 0 bridgehead atoms. The highest BCUT2D eigenvalue weighted by Crippen LogP contribution is 2.20. The van der Waals surface area contributed by atoms with Crippen LogP contribution in [-0.4, -0.2) is 48.2 Å². The summed E-state index contributed by atoms with van der Waals surface area (Å²) in [5, 5.41) is 9.38. The Morgan fingerprint density at radius 3 is 1.96 bits per heavy atom. The number of aliphatic hydroxyl groups is 1. The van der Waals surface area contributed by atoms with E-state index in [0.717, 1.165) is 37.1 Å². The zero-order valence-electron chi connectivity index (χ0n) is 19.1. The van der Waals surface area contributed by atoms with Crippen LogP contribution >= 0.6 is 0 Å². The highest BCUT2D eigenvalue weighted by molar-refractivity contribution is 5.76. The van der Waals surface area contributed by atoms with Crippen molar-refractivity contribution in [3.8, 4) is 0 Å². The molecule has 1 atom stereocenters. The van der Waals surface area contributed by atoms with Crippen molar-refractivity contribution < 1.29 is 9.59 Å². The number of aliphatic imine (C=N–C) groups is 1. The summed E-state index contributed by atoms with van der Waals surface area (Å²) < 4.78 is 0.949. The molecule has 0 aromatic heterocycles. The first kappa shape index (κ1) is 25.4. The molecule has 0 amide bonds. The van der Waals surface area contributed by atoms with Gasteiger partial charge in [-0.05, 0) is 39.0 Å². The normalized spacial score (nSPS) is 19.6. The first-order valence-corrected chi connectivity index (χ1v) is 12.4. The first-order chi connectivity index (χ1) is 13.8. The fourth-order valence-corrected chi connectivity index (χ4v) is 4.43. The lowest BCUT2D eigenvalue weighted by Gasteiger charge is -2.33. The Hall–Kier alpha value is -0.670. The summed E-state index contributed by atoms with van der Waals surface area (Å²) in [6, 6.07) is 0. The zero-order valence-corrected chi connectivity index (χ0v) is 19.1. The van der Waals surface area contributed by atoms with Crippen LogP contribution in [-0.2, 0) is 0 Å². The number of hydrogen-bond donors (Lipinski definition) is 1. The van der Waals surface area contributed by atoms with Crippen molar-refractivity contribution in [2.75, 3.05) is 32.8 Å². The zero-order chi connectivity index (χ0) is 20.3. The van der Waals surface area contributed by atoms with Crippen LogP contribution in [0, 0.1) is 0 Å². The summed E-state index contributed by atoms with van der Waals surface area (Å²) in [4.78, 5) is 4.76. The predicted octanol–water partition coefficient (Wildman–Crippen LogP) is 6.66. The maximum atomic E-state index is 9.38. The lowest BCUT2D eigenvalue weighted by atomic mass is 10.0. The molecule has 28 heavy (non-hydrogen) atoms. The fourth-order valence-electron chi connectivity index (χ4n) is 4.43. The van der Waals surface area contributed by atoms with E-state index in [9.17, 15) is 5.11 Å². The first-order valence-electron chi connectivity index (χ1n) is 12.4. The third-order valence-corrected chi connectivity index (χ3v) is 6.42.